The second-order valence-electron chi connectivity index (χ2n) is 18.4. The lowest BCUT2D eigenvalue weighted by molar-refractivity contribution is 0.669. The van der Waals surface area contributed by atoms with Crippen LogP contribution in [0.3, 0.4) is 0 Å². The van der Waals surface area contributed by atoms with Crippen molar-refractivity contribution in [1.29, 1.82) is 0 Å². The number of para-hydroxylation sites is 4. The van der Waals surface area contributed by atoms with E-state index in [1.54, 1.807) is 0 Å². The molecular weight excluding hydrogens is 877 g/mol. The van der Waals surface area contributed by atoms with Gasteiger partial charge in [0.25, 0.3) is 0 Å². The van der Waals surface area contributed by atoms with Gasteiger partial charge in [0.15, 0.2) is 11.2 Å². The molecule has 2 aromatic heterocycles. The van der Waals surface area contributed by atoms with Crippen molar-refractivity contribution < 1.29 is 8.83 Å². The summed E-state index contributed by atoms with van der Waals surface area (Å²) in [4.78, 5) is 4.71. The van der Waals surface area contributed by atoms with E-state index in [0.717, 1.165) is 106 Å². The van der Waals surface area contributed by atoms with Crippen molar-refractivity contribution in [2.24, 2.45) is 0 Å². The normalized spacial score (nSPS) is 11.6. The van der Waals surface area contributed by atoms with E-state index in [1.165, 1.54) is 27.1 Å². The number of nitrogens with zero attached hydrogens (tertiary/aromatic N) is 2. The molecule has 0 radical (unpaired) electrons. The molecule has 0 bridgehead atoms. The Balaban J connectivity index is 0.960. The molecule has 14 rings (SSSR count). The van der Waals surface area contributed by atoms with Crippen molar-refractivity contribution in [2.75, 3.05) is 9.80 Å². The van der Waals surface area contributed by atoms with Gasteiger partial charge in [0.2, 0.25) is 0 Å². The van der Waals surface area contributed by atoms with Gasteiger partial charge in [0, 0.05) is 44.2 Å². The number of fused-ring (bicyclic) bond motifs is 9. The Kier molecular flexibility index (Phi) is 9.82. The quantitative estimate of drug-likeness (QED) is 0.144. The van der Waals surface area contributed by atoms with E-state index < -0.39 is 0 Å². The van der Waals surface area contributed by atoms with Crippen molar-refractivity contribution in [1.82, 2.24) is 0 Å². The molecule has 12 aromatic carbocycles. The summed E-state index contributed by atoms with van der Waals surface area (Å²) < 4.78 is 13.7. The van der Waals surface area contributed by atoms with Gasteiger partial charge in [0.05, 0.1) is 17.1 Å². The zero-order chi connectivity index (χ0) is 47.5. The van der Waals surface area contributed by atoms with Crippen LogP contribution in [0.5, 0.6) is 0 Å². The fourth-order valence-corrected chi connectivity index (χ4v) is 10.8. The molecule has 0 saturated carbocycles. The van der Waals surface area contributed by atoms with Gasteiger partial charge < -0.3 is 18.6 Å². The van der Waals surface area contributed by atoms with Gasteiger partial charge in [-0.05, 0) is 122 Å². The van der Waals surface area contributed by atoms with Gasteiger partial charge in [-0.15, -0.1) is 0 Å². The molecule has 0 spiro atoms. The zero-order valence-corrected chi connectivity index (χ0v) is 39.1. The highest BCUT2D eigenvalue weighted by Gasteiger charge is 2.25. The first-order valence-electron chi connectivity index (χ1n) is 24.5. The summed E-state index contributed by atoms with van der Waals surface area (Å²) in [5, 5.41) is 9.16. The van der Waals surface area contributed by atoms with Gasteiger partial charge in [-0.3, -0.25) is 0 Å². The van der Waals surface area contributed by atoms with Gasteiger partial charge >= 0.3 is 0 Å². The molecule has 0 atom stereocenters. The Labute approximate surface area is 416 Å². The maximum atomic E-state index is 6.99. The van der Waals surface area contributed by atoms with Crippen LogP contribution in [0.15, 0.2) is 276 Å². The van der Waals surface area contributed by atoms with E-state index in [-0.39, 0.29) is 0 Å². The molecule has 338 valence electrons. The third-order valence-electron chi connectivity index (χ3n) is 14.2. The molecule has 0 unspecified atom stereocenters. The van der Waals surface area contributed by atoms with Crippen LogP contribution >= 0.6 is 0 Å². The minimum atomic E-state index is 0.828. The fourth-order valence-electron chi connectivity index (χ4n) is 10.8. The van der Waals surface area contributed by atoms with Gasteiger partial charge in [0.1, 0.15) is 11.2 Å². The van der Waals surface area contributed by atoms with Crippen molar-refractivity contribution in [3.05, 3.63) is 267 Å². The highest BCUT2D eigenvalue weighted by molar-refractivity contribution is 6.21. The minimum absolute atomic E-state index is 0.828. The van der Waals surface area contributed by atoms with E-state index >= 15 is 0 Å². The number of benzene rings is 12. The fraction of sp³-hybridized carbons (Fsp3) is 0. The molecule has 72 heavy (non-hydrogen) atoms. The zero-order valence-electron chi connectivity index (χ0n) is 39.1. The summed E-state index contributed by atoms with van der Waals surface area (Å²) in [5.41, 5.74) is 16.1. The Morgan fingerprint density at radius 3 is 1.61 bits per heavy atom. The van der Waals surface area contributed by atoms with Crippen LogP contribution in [0.4, 0.5) is 34.1 Å². The Hall–Kier alpha value is -9.64. The first kappa shape index (κ1) is 41.3. The lowest BCUT2D eigenvalue weighted by Crippen LogP contribution is -2.12. The SMILES string of the molecule is c1ccc(-c2cccc(N(c3cccc(-c4ccccc4N(c4ccc(-c5ccc6ccccc6c5)cc4)c4cccc5c4oc4ccc6ccccc6c45)c3)c3cccc4c3oc3ccccc34)c2)cc1. The molecule has 0 aliphatic carbocycles. The van der Waals surface area contributed by atoms with Crippen molar-refractivity contribution >= 4 is 99.5 Å². The molecule has 14 aromatic rings. The summed E-state index contributed by atoms with van der Waals surface area (Å²) in [7, 11) is 0. The van der Waals surface area contributed by atoms with Crippen LogP contribution in [-0.2, 0) is 0 Å². The Morgan fingerprint density at radius 2 is 0.778 bits per heavy atom. The van der Waals surface area contributed by atoms with Gasteiger partial charge in [-0.25, -0.2) is 0 Å². The average Bonchev–Trinajstić information content (AvgIpc) is 4.04. The van der Waals surface area contributed by atoms with E-state index in [2.05, 4.69) is 265 Å². The van der Waals surface area contributed by atoms with E-state index in [0.29, 0.717) is 0 Å². The number of anilines is 6. The van der Waals surface area contributed by atoms with Crippen molar-refractivity contribution in [3.63, 3.8) is 0 Å². The maximum Gasteiger partial charge on any atom is 0.159 e. The van der Waals surface area contributed by atoms with Crippen molar-refractivity contribution in [3.8, 4) is 33.4 Å². The summed E-state index contributed by atoms with van der Waals surface area (Å²) >= 11 is 0. The van der Waals surface area contributed by atoms with E-state index in [1.807, 2.05) is 12.1 Å². The predicted molar refractivity (Wildman–Crippen MR) is 302 cm³/mol. The number of furan rings is 2. The standard InChI is InChI=1S/C68H44N2O2/c1-2-16-45(17-3-1)50-21-12-23-54(43-50)69(62-31-14-28-59-58-27-9-11-33-64(58)71-67(59)62)55-24-13-22-52(44-55)56-25-8-10-30-61(56)70(53-39-36-47(37-40-53)51-35-34-46-18-4-5-20-49(46)42-51)63-32-15-29-60-66-57-26-7-6-19-48(57)38-41-65(66)72-68(60)63/h1-44H. The van der Waals surface area contributed by atoms with Crippen LogP contribution in [0.1, 0.15) is 0 Å². The monoisotopic (exact) mass is 920 g/mol. The summed E-state index contributed by atoms with van der Waals surface area (Å²) in [6.07, 6.45) is 0. The van der Waals surface area contributed by atoms with Crippen LogP contribution < -0.4 is 9.80 Å². The minimum Gasteiger partial charge on any atom is -0.454 e. The van der Waals surface area contributed by atoms with E-state index in [4.69, 9.17) is 8.83 Å². The molecule has 0 aliphatic heterocycles. The molecule has 0 amide bonds. The molecule has 0 saturated heterocycles. The maximum absolute atomic E-state index is 6.99. The van der Waals surface area contributed by atoms with Gasteiger partial charge in [-0.1, -0.05) is 194 Å². The van der Waals surface area contributed by atoms with Crippen LogP contribution in [0, 0.1) is 0 Å². The average molecular weight is 921 g/mol. The molecular formula is C68H44N2O2. The lowest BCUT2D eigenvalue weighted by atomic mass is 9.98. The highest BCUT2D eigenvalue weighted by atomic mass is 16.3. The van der Waals surface area contributed by atoms with Crippen LogP contribution in [0.2, 0.25) is 0 Å². The summed E-state index contributed by atoms with van der Waals surface area (Å²) in [6.45, 7) is 0. The molecule has 0 fully saturated rings. The molecule has 0 N–H and O–H groups in total. The largest absolute Gasteiger partial charge is 0.454 e. The third-order valence-corrected chi connectivity index (χ3v) is 14.2. The first-order valence-corrected chi connectivity index (χ1v) is 24.5. The number of hydrogen-bond donors (Lipinski definition) is 0. The number of rotatable bonds is 9. The molecule has 4 nitrogen and oxygen atoms in total. The topological polar surface area (TPSA) is 32.8 Å². The molecule has 4 heteroatoms. The molecule has 0 aliphatic rings. The summed E-state index contributed by atoms with van der Waals surface area (Å²) in [6, 6.07) is 95.3. The van der Waals surface area contributed by atoms with E-state index in [9.17, 15) is 0 Å². The first-order chi connectivity index (χ1) is 35.7. The summed E-state index contributed by atoms with van der Waals surface area (Å²) in [5.74, 6) is 0. The Morgan fingerprint density at radius 1 is 0.250 bits per heavy atom. The third kappa shape index (κ3) is 7.00. The number of hydrogen-bond acceptors (Lipinski definition) is 4. The second kappa shape index (κ2) is 17.1. The lowest BCUT2D eigenvalue weighted by Gasteiger charge is -2.29. The highest BCUT2D eigenvalue weighted by Crippen LogP contribution is 2.49. The molecule has 2 heterocycles. The Bertz CT molecular complexity index is 4360. The van der Waals surface area contributed by atoms with Crippen LogP contribution in [0.25, 0.3) is 98.8 Å². The second-order valence-corrected chi connectivity index (χ2v) is 18.4. The van der Waals surface area contributed by atoms with Crippen LogP contribution in [-0.4, -0.2) is 0 Å². The van der Waals surface area contributed by atoms with Crippen molar-refractivity contribution in [2.45, 2.75) is 0 Å². The predicted octanol–water partition coefficient (Wildman–Crippen LogP) is 19.7. The smallest absolute Gasteiger partial charge is 0.159 e. The van der Waals surface area contributed by atoms with Gasteiger partial charge in [-0.2, -0.15) is 0 Å².